The van der Waals surface area contributed by atoms with Gasteiger partial charge in [-0.3, -0.25) is 14.2 Å². The molecule has 2 aromatic heterocycles. The van der Waals surface area contributed by atoms with E-state index in [9.17, 15) is 23.5 Å². The van der Waals surface area contributed by atoms with Gasteiger partial charge in [0.25, 0.3) is 5.56 Å². The normalized spacial score (nSPS) is 12.2. The topological polar surface area (TPSA) is 106 Å². The minimum absolute atomic E-state index is 0.0801. The van der Waals surface area contributed by atoms with Crippen molar-refractivity contribution in [1.29, 1.82) is 0 Å². The number of benzene rings is 1. The summed E-state index contributed by atoms with van der Waals surface area (Å²) in [6.07, 6.45) is 0.0593. The van der Waals surface area contributed by atoms with E-state index in [1.54, 1.807) is 13.0 Å². The molecular formula is C20H21F2N3O5. The number of aromatic nitrogens is 2. The second kappa shape index (κ2) is 8.25. The molecule has 1 aromatic carbocycles. The lowest BCUT2D eigenvalue weighted by molar-refractivity contribution is 0.0531. The Morgan fingerprint density at radius 1 is 1.23 bits per heavy atom. The van der Waals surface area contributed by atoms with E-state index >= 15 is 0 Å². The highest BCUT2D eigenvalue weighted by molar-refractivity contribution is 5.92. The summed E-state index contributed by atoms with van der Waals surface area (Å²) in [5.74, 6) is -2.17. The second-order valence-electron chi connectivity index (χ2n) is 6.94. The Hall–Kier alpha value is -3.24. The Morgan fingerprint density at radius 3 is 2.57 bits per heavy atom. The van der Waals surface area contributed by atoms with Gasteiger partial charge in [-0.15, -0.1) is 0 Å². The summed E-state index contributed by atoms with van der Waals surface area (Å²) in [6.45, 7) is 0.735. The second-order valence-corrected chi connectivity index (χ2v) is 6.94. The van der Waals surface area contributed by atoms with E-state index < -0.39 is 41.0 Å². The van der Waals surface area contributed by atoms with Gasteiger partial charge in [0.2, 0.25) is 11.2 Å². The van der Waals surface area contributed by atoms with Crippen LogP contribution in [-0.4, -0.2) is 38.7 Å². The van der Waals surface area contributed by atoms with Crippen LogP contribution >= 0.6 is 0 Å². The number of anilines is 2. The molecule has 30 heavy (non-hydrogen) atoms. The smallest absolute Gasteiger partial charge is 0.290 e. The lowest BCUT2D eigenvalue weighted by atomic mass is 10.1. The lowest BCUT2D eigenvalue weighted by Crippen LogP contribution is -2.28. The van der Waals surface area contributed by atoms with Crippen molar-refractivity contribution >= 4 is 22.4 Å². The van der Waals surface area contributed by atoms with Gasteiger partial charge in [0.1, 0.15) is 24.2 Å². The maximum Gasteiger partial charge on any atom is 0.290 e. The van der Waals surface area contributed by atoms with Gasteiger partial charge in [0.15, 0.2) is 5.75 Å². The van der Waals surface area contributed by atoms with Crippen molar-refractivity contribution < 1.29 is 23.7 Å². The van der Waals surface area contributed by atoms with E-state index in [4.69, 9.17) is 9.84 Å². The molecule has 0 aliphatic carbocycles. The highest BCUT2D eigenvalue weighted by atomic mass is 19.1. The maximum atomic E-state index is 14.9. The van der Waals surface area contributed by atoms with E-state index in [-0.39, 0.29) is 29.1 Å². The number of halogens is 2. The molecule has 0 bridgehead atoms. The first-order valence-corrected chi connectivity index (χ1v) is 9.02. The molecule has 3 aromatic rings. The molecular weight excluding hydrogens is 400 g/mol. The van der Waals surface area contributed by atoms with Crippen molar-refractivity contribution in [3.63, 3.8) is 0 Å². The van der Waals surface area contributed by atoms with Crippen LogP contribution in [0.5, 0.6) is 5.75 Å². The minimum Gasteiger partial charge on any atom is -0.485 e. The summed E-state index contributed by atoms with van der Waals surface area (Å²) in [4.78, 5) is 25.4. The molecule has 0 fully saturated rings. The number of nitrogens with zero attached hydrogens (tertiary/aromatic N) is 2. The number of hydrogen-bond acceptors (Lipinski definition) is 6. The molecule has 8 nitrogen and oxygen atoms in total. The molecule has 0 amide bonds. The van der Waals surface area contributed by atoms with Crippen LogP contribution in [0.15, 0.2) is 34.0 Å². The fourth-order valence-corrected chi connectivity index (χ4v) is 3.10. The molecule has 3 N–H and O–H groups in total. The summed E-state index contributed by atoms with van der Waals surface area (Å²) in [5.41, 5.74) is -1.64. The fourth-order valence-electron chi connectivity index (χ4n) is 3.10. The first-order valence-electron chi connectivity index (χ1n) is 9.02. The molecule has 2 heterocycles. The third-order valence-corrected chi connectivity index (χ3v) is 4.63. The Balaban J connectivity index is 2.28. The van der Waals surface area contributed by atoms with Crippen molar-refractivity contribution in [3.05, 3.63) is 62.2 Å². The summed E-state index contributed by atoms with van der Waals surface area (Å²) in [7, 11) is 2.82. The Bertz CT molecular complexity index is 1240. The average Bonchev–Trinajstić information content (AvgIpc) is 2.71. The maximum absolute atomic E-state index is 14.9. The quantitative estimate of drug-likeness (QED) is 0.554. The van der Waals surface area contributed by atoms with Crippen LogP contribution in [0.4, 0.5) is 20.2 Å². The molecule has 0 aliphatic rings. The summed E-state index contributed by atoms with van der Waals surface area (Å²) in [5, 5.41) is 20.7. The zero-order chi connectivity index (χ0) is 22.2. The van der Waals surface area contributed by atoms with Gasteiger partial charge in [0.05, 0.1) is 29.6 Å². The van der Waals surface area contributed by atoms with Crippen molar-refractivity contribution in [2.45, 2.75) is 13.0 Å². The molecule has 0 radical (unpaired) electrons. The van der Waals surface area contributed by atoms with Crippen molar-refractivity contribution in [2.24, 2.45) is 14.1 Å². The third kappa shape index (κ3) is 3.79. The van der Waals surface area contributed by atoms with Crippen LogP contribution in [-0.2, 0) is 14.1 Å². The number of aliphatic hydroxyl groups excluding tert-OH is 2. The van der Waals surface area contributed by atoms with E-state index in [1.165, 1.54) is 37.0 Å². The molecule has 0 aliphatic heterocycles. The molecule has 0 saturated heterocycles. The van der Waals surface area contributed by atoms with Gasteiger partial charge >= 0.3 is 0 Å². The third-order valence-electron chi connectivity index (χ3n) is 4.63. The number of ether oxygens (including phenoxy) is 1. The van der Waals surface area contributed by atoms with Crippen LogP contribution < -0.4 is 21.0 Å². The average molecular weight is 421 g/mol. The number of hydrogen-bond donors (Lipinski definition) is 3. The molecule has 1 atom stereocenters. The van der Waals surface area contributed by atoms with Gasteiger partial charge in [-0.25, -0.2) is 4.39 Å². The van der Waals surface area contributed by atoms with Crippen LogP contribution in [0.2, 0.25) is 0 Å². The van der Waals surface area contributed by atoms with Crippen molar-refractivity contribution in [3.8, 4) is 5.75 Å². The zero-order valence-electron chi connectivity index (χ0n) is 16.6. The largest absolute Gasteiger partial charge is 0.485 e. The molecule has 1 unspecified atom stereocenters. The Labute approximate surface area is 169 Å². The predicted molar refractivity (Wildman–Crippen MR) is 107 cm³/mol. The van der Waals surface area contributed by atoms with Gasteiger partial charge in [-0.05, 0) is 24.6 Å². The number of aryl methyl sites for hydroxylation is 3. The SMILES string of the molecule is Cc1ccc(Nc2c(F)c(=O)n(C)c3c2c(=O)c(OCC(O)CO)cn3C)c(F)c1. The van der Waals surface area contributed by atoms with Gasteiger partial charge < -0.3 is 24.8 Å². The Morgan fingerprint density at radius 2 is 1.93 bits per heavy atom. The van der Waals surface area contributed by atoms with Crippen LogP contribution in [0.3, 0.4) is 0 Å². The highest BCUT2D eigenvalue weighted by Crippen LogP contribution is 2.28. The van der Waals surface area contributed by atoms with Gasteiger partial charge in [-0.2, -0.15) is 4.39 Å². The summed E-state index contributed by atoms with van der Waals surface area (Å²) >= 11 is 0. The van der Waals surface area contributed by atoms with Crippen molar-refractivity contribution in [2.75, 3.05) is 18.5 Å². The summed E-state index contributed by atoms with van der Waals surface area (Å²) < 4.78 is 36.9. The molecule has 3 rings (SSSR count). The van der Waals surface area contributed by atoms with Crippen LogP contribution in [0.1, 0.15) is 5.56 Å². The number of aliphatic hydroxyl groups is 2. The van der Waals surface area contributed by atoms with E-state index in [2.05, 4.69) is 5.32 Å². The van der Waals surface area contributed by atoms with Crippen molar-refractivity contribution in [1.82, 2.24) is 9.13 Å². The lowest BCUT2D eigenvalue weighted by Gasteiger charge is -2.18. The first-order chi connectivity index (χ1) is 14.1. The van der Waals surface area contributed by atoms with E-state index in [0.717, 1.165) is 4.57 Å². The highest BCUT2D eigenvalue weighted by Gasteiger charge is 2.23. The van der Waals surface area contributed by atoms with E-state index in [0.29, 0.717) is 5.56 Å². The fraction of sp³-hybridized carbons (Fsp3) is 0.300. The molecule has 160 valence electrons. The van der Waals surface area contributed by atoms with Crippen LogP contribution in [0, 0.1) is 18.6 Å². The number of rotatable bonds is 6. The standard InChI is InChI=1S/C20H21F2N3O5/c1-10-4-5-13(12(21)6-10)23-17-15-18(28)14(30-9-11(27)8-26)7-24(2)19(15)25(3)20(29)16(17)22/h4-7,11,23,26-27H,8-9H2,1-3H3. The predicted octanol–water partition coefficient (Wildman–Crippen LogP) is 1.30. The van der Waals surface area contributed by atoms with Crippen LogP contribution in [0.25, 0.3) is 11.0 Å². The molecule has 0 saturated carbocycles. The number of fused-ring (bicyclic) bond motifs is 1. The number of nitrogens with one attached hydrogen (secondary N) is 1. The monoisotopic (exact) mass is 421 g/mol. The number of pyridine rings is 2. The van der Waals surface area contributed by atoms with Gasteiger partial charge in [0, 0.05) is 14.1 Å². The molecule has 10 heteroatoms. The summed E-state index contributed by atoms with van der Waals surface area (Å²) in [6, 6.07) is 4.19. The van der Waals surface area contributed by atoms with Gasteiger partial charge in [-0.1, -0.05) is 6.07 Å². The zero-order valence-corrected chi connectivity index (χ0v) is 16.6. The minimum atomic E-state index is -1.25. The first kappa shape index (κ1) is 21.5. The van der Waals surface area contributed by atoms with E-state index in [1.807, 2.05) is 0 Å². The Kier molecular flexibility index (Phi) is 5.90. The molecule has 0 spiro atoms.